The van der Waals surface area contributed by atoms with Crippen LogP contribution in [0.4, 0.5) is 17.6 Å². The number of fused-ring (bicyclic) bond motifs is 1. The summed E-state index contributed by atoms with van der Waals surface area (Å²) in [6.45, 7) is 7.56. The summed E-state index contributed by atoms with van der Waals surface area (Å²) in [6.07, 6.45) is 4.88. The first-order valence-corrected chi connectivity index (χ1v) is 12.2. The van der Waals surface area contributed by atoms with Gasteiger partial charge in [-0.25, -0.2) is 9.97 Å². The van der Waals surface area contributed by atoms with Gasteiger partial charge in [0.1, 0.15) is 23.5 Å². The zero-order chi connectivity index (χ0) is 27.7. The van der Waals surface area contributed by atoms with Gasteiger partial charge in [0.2, 0.25) is 11.9 Å². The van der Waals surface area contributed by atoms with E-state index in [-0.39, 0.29) is 53.5 Å². The number of ether oxygens (including phenoxy) is 2. The van der Waals surface area contributed by atoms with Gasteiger partial charge in [0.05, 0.1) is 36.7 Å². The maximum absolute atomic E-state index is 13.8. The number of hydrogen-bond acceptors (Lipinski definition) is 9. The molecule has 3 aromatic heterocycles. The fourth-order valence-electron chi connectivity index (χ4n) is 4.12. The first-order valence-electron chi connectivity index (χ1n) is 11.8. The molecule has 3 aromatic rings. The Labute approximate surface area is 224 Å². The van der Waals surface area contributed by atoms with Crippen LogP contribution in [0.2, 0.25) is 5.15 Å². The van der Waals surface area contributed by atoms with Crippen molar-refractivity contribution in [1.82, 2.24) is 24.5 Å². The minimum Gasteiger partial charge on any atom is -0.496 e. The van der Waals surface area contributed by atoms with Crippen molar-refractivity contribution in [2.24, 2.45) is 5.92 Å². The molecule has 0 unspecified atom stereocenters. The number of aromatic nitrogens is 5. The summed E-state index contributed by atoms with van der Waals surface area (Å²) in [5.41, 5.74) is 8.73. The molecule has 0 spiro atoms. The summed E-state index contributed by atoms with van der Waals surface area (Å²) in [6, 6.07) is 0. The summed E-state index contributed by atoms with van der Waals surface area (Å²) in [5.74, 6) is 0.750. The van der Waals surface area contributed by atoms with Crippen LogP contribution in [0, 0.1) is 19.8 Å². The molecule has 200 valence electrons. The van der Waals surface area contributed by atoms with Crippen LogP contribution in [0.5, 0.6) is 5.75 Å². The van der Waals surface area contributed by atoms with Gasteiger partial charge in [-0.15, -0.1) is 0 Å². The molecule has 0 aromatic carbocycles. The number of carbonyl (C=O) groups excluding carboxylic acids is 2. The number of hydrogen-bond donors (Lipinski definition) is 2. The second-order valence-electron chi connectivity index (χ2n) is 9.08. The molecule has 0 saturated heterocycles. The molecule has 0 bridgehead atoms. The summed E-state index contributed by atoms with van der Waals surface area (Å²) in [4.78, 5) is 44.9. The van der Waals surface area contributed by atoms with Gasteiger partial charge in [0.15, 0.2) is 11.6 Å². The molecule has 3 N–H and O–H groups in total. The van der Waals surface area contributed by atoms with Gasteiger partial charge in [-0.05, 0) is 19.9 Å². The van der Waals surface area contributed by atoms with E-state index in [1.165, 1.54) is 12.0 Å². The first kappa shape index (κ1) is 27.0. The number of aryl methyl sites for hydroxylation is 1. The van der Waals surface area contributed by atoms with E-state index in [4.69, 9.17) is 26.8 Å². The van der Waals surface area contributed by atoms with Crippen molar-refractivity contribution in [2.45, 2.75) is 41.0 Å². The van der Waals surface area contributed by atoms with Crippen LogP contribution in [0.3, 0.4) is 0 Å². The van der Waals surface area contributed by atoms with Crippen molar-refractivity contribution in [2.75, 3.05) is 30.2 Å². The third-order valence-electron chi connectivity index (χ3n) is 6.05. The molecular weight excluding hydrogens is 512 g/mol. The largest absolute Gasteiger partial charge is 0.496 e. The lowest BCUT2D eigenvalue weighted by atomic mass is 10.1. The summed E-state index contributed by atoms with van der Waals surface area (Å²) in [5, 5.41) is 2.79. The van der Waals surface area contributed by atoms with Crippen LogP contribution in [0.1, 0.15) is 42.1 Å². The average Bonchev–Trinajstić information content (AvgIpc) is 3.34. The Morgan fingerprint density at radius 3 is 2.63 bits per heavy atom. The molecule has 0 aliphatic carbocycles. The van der Waals surface area contributed by atoms with Gasteiger partial charge in [-0.1, -0.05) is 25.4 Å². The number of nitrogens with one attached hydrogen (secondary N) is 1. The summed E-state index contributed by atoms with van der Waals surface area (Å²) in [7, 11) is 3.11. The average molecular weight is 541 g/mol. The maximum atomic E-state index is 13.8. The predicted molar refractivity (Wildman–Crippen MR) is 143 cm³/mol. The van der Waals surface area contributed by atoms with Gasteiger partial charge in [0.25, 0.3) is 5.91 Å². The highest BCUT2D eigenvalue weighted by molar-refractivity contribution is 6.41. The standard InChI is InChI=1S/C25H29ClN8O4/c1-12(2)23(35)30-17-10-33(11-37-5)18(29-17)7-15-19-21(26)31-25(27)32-22(19)34(24(15)36)9-16-14(4)20(38-6)13(3)8-28-16/h7-8,10,12H,9,11H2,1-6H3,(H,30,35)(H2,27,31,32). The Morgan fingerprint density at radius 2 is 1.97 bits per heavy atom. The number of nitrogens with two attached hydrogens (primary N) is 1. The Kier molecular flexibility index (Phi) is 7.65. The molecule has 1 aliphatic heterocycles. The Balaban J connectivity index is 1.80. The van der Waals surface area contributed by atoms with Crippen LogP contribution >= 0.6 is 11.6 Å². The lowest BCUT2D eigenvalue weighted by Gasteiger charge is -2.19. The van der Waals surface area contributed by atoms with Crippen molar-refractivity contribution >= 4 is 52.6 Å². The van der Waals surface area contributed by atoms with E-state index in [1.54, 1.807) is 44.0 Å². The third kappa shape index (κ3) is 5.04. The van der Waals surface area contributed by atoms with E-state index in [1.807, 2.05) is 13.8 Å². The highest BCUT2D eigenvalue weighted by Gasteiger charge is 2.38. The number of methoxy groups -OCH3 is 2. The Morgan fingerprint density at radius 1 is 1.24 bits per heavy atom. The highest BCUT2D eigenvalue weighted by Crippen LogP contribution is 2.41. The SMILES string of the molecule is COCn1cc(NC(=O)C(C)C)nc1C=C1C(=O)N(Cc2ncc(C)c(OC)c2C)c2nc(N)nc(Cl)c21. The molecular formula is C25H29ClN8O4. The predicted octanol–water partition coefficient (Wildman–Crippen LogP) is 3.21. The molecule has 4 rings (SSSR count). The monoisotopic (exact) mass is 540 g/mol. The smallest absolute Gasteiger partial charge is 0.260 e. The Hall–Kier alpha value is -4.03. The van der Waals surface area contributed by atoms with E-state index in [2.05, 4.69) is 25.3 Å². The van der Waals surface area contributed by atoms with E-state index in [0.717, 1.165) is 11.1 Å². The van der Waals surface area contributed by atoms with Gasteiger partial charge in [-0.3, -0.25) is 19.5 Å². The minimum absolute atomic E-state index is 0.0268. The molecule has 0 saturated carbocycles. The van der Waals surface area contributed by atoms with Crippen molar-refractivity contribution in [3.63, 3.8) is 0 Å². The second kappa shape index (κ2) is 10.8. The fourth-order valence-corrected chi connectivity index (χ4v) is 4.40. The van der Waals surface area contributed by atoms with Gasteiger partial charge in [0, 0.05) is 30.4 Å². The molecule has 0 radical (unpaired) electrons. The highest BCUT2D eigenvalue weighted by atomic mass is 35.5. The maximum Gasteiger partial charge on any atom is 0.260 e. The summed E-state index contributed by atoms with van der Waals surface area (Å²) >= 11 is 6.48. The Bertz CT molecular complexity index is 1450. The second-order valence-corrected chi connectivity index (χ2v) is 9.44. The number of nitrogen functional groups attached to an aromatic ring is 1. The van der Waals surface area contributed by atoms with Crippen molar-refractivity contribution in [1.29, 1.82) is 0 Å². The number of carbonyl (C=O) groups is 2. The summed E-state index contributed by atoms with van der Waals surface area (Å²) < 4.78 is 12.5. The fraction of sp³-hybridized carbons (Fsp3) is 0.360. The van der Waals surface area contributed by atoms with Crippen molar-refractivity contribution in [3.8, 4) is 5.75 Å². The quantitative estimate of drug-likeness (QED) is 0.324. The van der Waals surface area contributed by atoms with Crippen LogP contribution in [0.15, 0.2) is 12.4 Å². The van der Waals surface area contributed by atoms with Crippen LogP contribution < -0.4 is 20.7 Å². The van der Waals surface area contributed by atoms with Gasteiger partial charge in [-0.2, -0.15) is 4.98 Å². The topological polar surface area (TPSA) is 150 Å². The first-order chi connectivity index (χ1) is 18.0. The van der Waals surface area contributed by atoms with E-state index < -0.39 is 0 Å². The zero-order valence-electron chi connectivity index (χ0n) is 22.0. The van der Waals surface area contributed by atoms with E-state index in [9.17, 15) is 9.59 Å². The minimum atomic E-state index is -0.387. The number of imidazole rings is 1. The molecule has 38 heavy (non-hydrogen) atoms. The van der Waals surface area contributed by atoms with E-state index in [0.29, 0.717) is 28.6 Å². The van der Waals surface area contributed by atoms with Crippen LogP contribution in [0.25, 0.3) is 11.6 Å². The molecule has 12 nitrogen and oxygen atoms in total. The lowest BCUT2D eigenvalue weighted by Crippen LogP contribution is -2.27. The third-order valence-corrected chi connectivity index (χ3v) is 6.32. The van der Waals surface area contributed by atoms with Crippen molar-refractivity contribution in [3.05, 3.63) is 45.8 Å². The number of halogens is 1. The molecule has 2 amide bonds. The lowest BCUT2D eigenvalue weighted by molar-refractivity contribution is -0.119. The van der Waals surface area contributed by atoms with Crippen LogP contribution in [-0.2, 0) is 27.6 Å². The molecule has 4 heterocycles. The molecule has 0 atom stereocenters. The number of amides is 2. The number of nitrogens with zero attached hydrogens (tertiary/aromatic N) is 6. The number of pyridine rings is 1. The van der Waals surface area contributed by atoms with Crippen molar-refractivity contribution < 1.29 is 19.1 Å². The van der Waals surface area contributed by atoms with Crippen LogP contribution in [-0.4, -0.2) is 50.5 Å². The van der Waals surface area contributed by atoms with E-state index >= 15 is 0 Å². The zero-order valence-corrected chi connectivity index (χ0v) is 22.8. The number of rotatable bonds is 8. The van der Waals surface area contributed by atoms with Gasteiger partial charge < -0.3 is 25.1 Å². The van der Waals surface area contributed by atoms with Gasteiger partial charge >= 0.3 is 0 Å². The molecule has 0 fully saturated rings. The molecule has 13 heteroatoms. The number of anilines is 3. The molecule has 1 aliphatic rings. The normalized spacial score (nSPS) is 13.9.